The van der Waals surface area contributed by atoms with E-state index in [4.69, 9.17) is 4.98 Å². The van der Waals surface area contributed by atoms with Gasteiger partial charge in [0.2, 0.25) is 0 Å². The zero-order chi connectivity index (χ0) is 19.6. The average Bonchev–Trinajstić information content (AvgIpc) is 2.97. The minimum atomic E-state index is 1.01. The summed E-state index contributed by atoms with van der Waals surface area (Å²) in [5.74, 6) is 1.27. The Labute approximate surface area is 174 Å². The molecule has 0 atom stereocenters. The summed E-state index contributed by atoms with van der Waals surface area (Å²) in [6, 6.07) is 15.8. The van der Waals surface area contributed by atoms with Crippen molar-refractivity contribution >= 4 is 11.0 Å². The van der Waals surface area contributed by atoms with Crippen molar-refractivity contribution in [3.63, 3.8) is 0 Å². The Balaban J connectivity index is 1.30. The predicted octanol–water partition coefficient (Wildman–Crippen LogP) is 4.25. The molecule has 1 aromatic heterocycles. The van der Waals surface area contributed by atoms with Crippen LogP contribution >= 0.6 is 0 Å². The Bertz CT molecular complexity index is 990. The fourth-order valence-corrected chi connectivity index (χ4v) is 4.93. The molecule has 0 unspecified atom stereocenters. The molecule has 3 heterocycles. The molecule has 0 bridgehead atoms. The van der Waals surface area contributed by atoms with Crippen LogP contribution in [0, 0.1) is 0 Å². The maximum Gasteiger partial charge on any atom is 0.111 e. The quantitative estimate of drug-likeness (QED) is 0.653. The summed E-state index contributed by atoms with van der Waals surface area (Å²) in [4.78, 5) is 10.2. The fraction of sp³-hybridized carbons (Fsp3) is 0.480. The molecular formula is C25H32N4. The lowest BCUT2D eigenvalue weighted by atomic mass is 9.99. The Hall–Kier alpha value is -2.17. The molecule has 0 N–H and O–H groups in total. The van der Waals surface area contributed by atoms with Gasteiger partial charge in [0.15, 0.2) is 0 Å². The predicted molar refractivity (Wildman–Crippen MR) is 119 cm³/mol. The minimum absolute atomic E-state index is 1.01. The smallest absolute Gasteiger partial charge is 0.111 e. The van der Waals surface area contributed by atoms with Crippen LogP contribution in [0.2, 0.25) is 0 Å². The first kappa shape index (κ1) is 18.8. The van der Waals surface area contributed by atoms with Gasteiger partial charge in [-0.1, -0.05) is 43.7 Å². The zero-order valence-corrected chi connectivity index (χ0v) is 17.6. The summed E-state index contributed by atoms with van der Waals surface area (Å²) < 4.78 is 2.46. The average molecular weight is 389 g/mol. The number of benzene rings is 2. The topological polar surface area (TPSA) is 24.3 Å². The number of rotatable bonds is 5. The van der Waals surface area contributed by atoms with E-state index in [0.29, 0.717) is 0 Å². The summed E-state index contributed by atoms with van der Waals surface area (Å²) in [6.07, 6.45) is 4.80. The molecule has 0 saturated heterocycles. The number of fused-ring (bicyclic) bond motifs is 4. The lowest BCUT2D eigenvalue weighted by Gasteiger charge is -2.28. The van der Waals surface area contributed by atoms with Crippen molar-refractivity contribution in [3.8, 4) is 0 Å². The number of unbranched alkanes of at least 4 members (excludes halogenated alkanes) is 1. The van der Waals surface area contributed by atoms with Crippen molar-refractivity contribution in [1.29, 1.82) is 0 Å². The molecule has 0 aliphatic carbocycles. The van der Waals surface area contributed by atoms with Gasteiger partial charge in [-0.3, -0.25) is 4.90 Å². The van der Waals surface area contributed by atoms with E-state index >= 15 is 0 Å². The standard InChI is InChI=1S/C25H32N4/c1-2-3-12-27-14-11-25-26-23-17-20(8-9-24(23)29(25)16-15-27)18-28-13-10-21-6-4-5-7-22(21)19-28/h4-9,17H,2-3,10-16,18-19H2,1H3. The van der Waals surface area contributed by atoms with E-state index in [1.807, 2.05) is 0 Å². The van der Waals surface area contributed by atoms with E-state index in [1.165, 1.54) is 52.9 Å². The first-order chi connectivity index (χ1) is 14.3. The van der Waals surface area contributed by atoms with Crippen molar-refractivity contribution < 1.29 is 0 Å². The van der Waals surface area contributed by atoms with E-state index in [-0.39, 0.29) is 0 Å². The van der Waals surface area contributed by atoms with Gasteiger partial charge in [0, 0.05) is 45.7 Å². The number of nitrogens with zero attached hydrogens (tertiary/aromatic N) is 4. The van der Waals surface area contributed by atoms with Gasteiger partial charge in [-0.25, -0.2) is 4.98 Å². The molecule has 5 rings (SSSR count). The highest BCUT2D eigenvalue weighted by molar-refractivity contribution is 5.77. The monoisotopic (exact) mass is 388 g/mol. The Morgan fingerprint density at radius 3 is 2.66 bits per heavy atom. The van der Waals surface area contributed by atoms with Crippen LogP contribution in [-0.4, -0.2) is 45.5 Å². The molecular weight excluding hydrogens is 356 g/mol. The number of hydrogen-bond donors (Lipinski definition) is 0. The molecule has 152 valence electrons. The van der Waals surface area contributed by atoms with Crippen molar-refractivity contribution in [2.24, 2.45) is 0 Å². The third-order valence-electron chi connectivity index (χ3n) is 6.63. The van der Waals surface area contributed by atoms with Crippen LogP contribution in [0.3, 0.4) is 0 Å². The van der Waals surface area contributed by atoms with Crippen molar-refractivity contribution in [2.75, 3.05) is 26.2 Å². The second kappa shape index (κ2) is 8.29. The molecule has 2 aromatic carbocycles. The second-order valence-electron chi connectivity index (χ2n) is 8.68. The molecule has 29 heavy (non-hydrogen) atoms. The lowest BCUT2D eigenvalue weighted by molar-refractivity contribution is 0.245. The molecule has 2 aliphatic rings. The van der Waals surface area contributed by atoms with Gasteiger partial charge in [0.05, 0.1) is 11.0 Å². The third-order valence-corrected chi connectivity index (χ3v) is 6.63. The largest absolute Gasteiger partial charge is 0.327 e. The first-order valence-electron chi connectivity index (χ1n) is 11.3. The number of hydrogen-bond acceptors (Lipinski definition) is 3. The van der Waals surface area contributed by atoms with Crippen LogP contribution < -0.4 is 0 Å². The highest BCUT2D eigenvalue weighted by Gasteiger charge is 2.19. The summed E-state index contributed by atoms with van der Waals surface area (Å²) in [5.41, 5.74) is 6.88. The Morgan fingerprint density at radius 2 is 1.76 bits per heavy atom. The van der Waals surface area contributed by atoms with Gasteiger partial charge >= 0.3 is 0 Å². The minimum Gasteiger partial charge on any atom is -0.327 e. The van der Waals surface area contributed by atoms with Gasteiger partial charge in [-0.2, -0.15) is 0 Å². The molecule has 0 spiro atoms. The molecule has 4 heteroatoms. The van der Waals surface area contributed by atoms with Gasteiger partial charge in [0.1, 0.15) is 5.82 Å². The number of aromatic nitrogens is 2. The van der Waals surface area contributed by atoms with E-state index in [1.54, 1.807) is 0 Å². The number of imidazole rings is 1. The normalized spacial score (nSPS) is 17.8. The molecule has 0 amide bonds. The zero-order valence-electron chi connectivity index (χ0n) is 17.6. The van der Waals surface area contributed by atoms with Gasteiger partial charge < -0.3 is 9.47 Å². The van der Waals surface area contributed by atoms with E-state index in [2.05, 4.69) is 63.8 Å². The SMILES string of the molecule is CCCCN1CCc2nc3cc(CN4CCc5ccccc5C4)ccc3n2CC1. The lowest BCUT2D eigenvalue weighted by Crippen LogP contribution is -2.29. The van der Waals surface area contributed by atoms with Crippen molar-refractivity contribution in [1.82, 2.24) is 19.4 Å². The molecule has 2 aliphatic heterocycles. The Morgan fingerprint density at radius 1 is 0.897 bits per heavy atom. The van der Waals surface area contributed by atoms with Crippen LogP contribution in [0.15, 0.2) is 42.5 Å². The van der Waals surface area contributed by atoms with Gasteiger partial charge in [-0.05, 0) is 48.2 Å². The fourth-order valence-electron chi connectivity index (χ4n) is 4.93. The van der Waals surface area contributed by atoms with E-state index in [0.717, 1.165) is 52.1 Å². The highest BCUT2D eigenvalue weighted by Crippen LogP contribution is 2.24. The Kier molecular flexibility index (Phi) is 5.38. The summed E-state index contributed by atoms with van der Waals surface area (Å²) >= 11 is 0. The molecule has 0 saturated carbocycles. The van der Waals surface area contributed by atoms with Crippen LogP contribution in [0.5, 0.6) is 0 Å². The maximum absolute atomic E-state index is 5.04. The molecule has 4 nitrogen and oxygen atoms in total. The molecule has 0 fully saturated rings. The van der Waals surface area contributed by atoms with Crippen molar-refractivity contribution in [3.05, 3.63) is 65.0 Å². The van der Waals surface area contributed by atoms with Crippen LogP contribution in [-0.2, 0) is 32.5 Å². The molecule has 0 radical (unpaired) electrons. The highest BCUT2D eigenvalue weighted by atomic mass is 15.2. The summed E-state index contributed by atoms with van der Waals surface area (Å²) in [6.45, 7) is 10.1. The first-order valence-corrected chi connectivity index (χ1v) is 11.3. The molecule has 3 aromatic rings. The van der Waals surface area contributed by atoms with Crippen LogP contribution in [0.4, 0.5) is 0 Å². The maximum atomic E-state index is 5.04. The summed E-state index contributed by atoms with van der Waals surface area (Å²) in [7, 11) is 0. The van der Waals surface area contributed by atoms with Gasteiger partial charge in [0.25, 0.3) is 0 Å². The third kappa shape index (κ3) is 3.96. The van der Waals surface area contributed by atoms with E-state index in [9.17, 15) is 0 Å². The van der Waals surface area contributed by atoms with Crippen LogP contribution in [0.1, 0.15) is 42.3 Å². The van der Waals surface area contributed by atoms with Crippen molar-refractivity contribution in [2.45, 2.75) is 52.2 Å². The van der Waals surface area contributed by atoms with Crippen LogP contribution in [0.25, 0.3) is 11.0 Å². The van der Waals surface area contributed by atoms with Gasteiger partial charge in [-0.15, -0.1) is 0 Å². The summed E-state index contributed by atoms with van der Waals surface area (Å²) in [5, 5.41) is 0. The second-order valence-corrected chi connectivity index (χ2v) is 8.68. The van der Waals surface area contributed by atoms with E-state index < -0.39 is 0 Å².